The maximum Gasteiger partial charge on any atom is 0.317 e. The molecular weight excluding hydrogens is 252 g/mol. The monoisotopic (exact) mass is 284 g/mol. The third-order valence-corrected chi connectivity index (χ3v) is 4.14. The van der Waals surface area contributed by atoms with Gasteiger partial charge in [-0.2, -0.15) is 0 Å². The van der Waals surface area contributed by atoms with Crippen LogP contribution in [0.15, 0.2) is 0 Å². The van der Waals surface area contributed by atoms with E-state index in [9.17, 15) is 4.79 Å². The molecule has 0 aromatic heterocycles. The number of likely N-dealkylation sites (tertiary alicyclic amines) is 1. The number of carboxylic acids is 1. The SMILES string of the molecule is CCCCCCCCN1CCCC(CNCC(=O)O)C1. The number of nitrogens with zero attached hydrogens (tertiary/aromatic N) is 1. The number of carboxylic acid groups (broad SMARTS) is 1. The molecule has 1 aliphatic heterocycles. The minimum Gasteiger partial charge on any atom is -0.480 e. The predicted octanol–water partition coefficient (Wildman–Crippen LogP) is 2.73. The van der Waals surface area contributed by atoms with Crippen molar-refractivity contribution >= 4 is 5.97 Å². The number of hydrogen-bond donors (Lipinski definition) is 2. The summed E-state index contributed by atoms with van der Waals surface area (Å²) in [7, 11) is 0. The second kappa shape index (κ2) is 11.1. The highest BCUT2D eigenvalue weighted by Gasteiger charge is 2.19. The average Bonchev–Trinajstić information content (AvgIpc) is 2.43. The van der Waals surface area contributed by atoms with Gasteiger partial charge in [-0.15, -0.1) is 0 Å². The number of carbonyl (C=O) groups is 1. The van der Waals surface area contributed by atoms with Gasteiger partial charge in [0.1, 0.15) is 0 Å². The molecule has 2 N–H and O–H groups in total. The Morgan fingerprint density at radius 3 is 2.75 bits per heavy atom. The standard InChI is InChI=1S/C16H32N2O2/c1-2-3-4-5-6-7-10-18-11-8-9-15(14-18)12-17-13-16(19)20/h15,17H,2-14H2,1H3,(H,19,20). The predicted molar refractivity (Wildman–Crippen MR) is 83.0 cm³/mol. The highest BCUT2D eigenvalue weighted by molar-refractivity contribution is 5.68. The lowest BCUT2D eigenvalue weighted by molar-refractivity contribution is -0.136. The first-order valence-corrected chi connectivity index (χ1v) is 8.37. The van der Waals surface area contributed by atoms with Crippen LogP contribution in [0.5, 0.6) is 0 Å². The quantitative estimate of drug-likeness (QED) is 0.573. The van der Waals surface area contributed by atoms with Crippen LogP contribution in [0.1, 0.15) is 58.3 Å². The molecule has 1 saturated heterocycles. The molecule has 0 aromatic carbocycles. The van der Waals surface area contributed by atoms with Crippen molar-refractivity contribution < 1.29 is 9.90 Å². The van der Waals surface area contributed by atoms with E-state index in [1.54, 1.807) is 0 Å². The Labute approximate surface area is 123 Å². The fourth-order valence-electron chi connectivity index (χ4n) is 3.02. The van der Waals surface area contributed by atoms with Crippen molar-refractivity contribution in [2.75, 3.05) is 32.7 Å². The molecule has 0 radical (unpaired) electrons. The number of unbranched alkanes of at least 4 members (excludes halogenated alkanes) is 5. The van der Waals surface area contributed by atoms with E-state index in [1.165, 1.54) is 64.5 Å². The molecule has 0 saturated carbocycles. The Kier molecular flexibility index (Phi) is 9.67. The second-order valence-electron chi connectivity index (χ2n) is 6.10. The molecule has 1 rings (SSSR count). The number of nitrogens with one attached hydrogen (secondary N) is 1. The van der Waals surface area contributed by atoms with Crippen LogP contribution in [0, 0.1) is 5.92 Å². The summed E-state index contributed by atoms with van der Waals surface area (Å²) >= 11 is 0. The molecule has 0 aromatic rings. The fraction of sp³-hybridized carbons (Fsp3) is 0.938. The summed E-state index contributed by atoms with van der Waals surface area (Å²) in [5, 5.41) is 11.7. The van der Waals surface area contributed by atoms with Gasteiger partial charge in [0.25, 0.3) is 0 Å². The van der Waals surface area contributed by atoms with Gasteiger partial charge in [0.2, 0.25) is 0 Å². The Morgan fingerprint density at radius 1 is 1.25 bits per heavy atom. The van der Waals surface area contributed by atoms with Gasteiger partial charge in [-0.1, -0.05) is 39.0 Å². The number of rotatable bonds is 11. The van der Waals surface area contributed by atoms with Gasteiger partial charge < -0.3 is 15.3 Å². The molecule has 0 bridgehead atoms. The Morgan fingerprint density at radius 2 is 2.00 bits per heavy atom. The topological polar surface area (TPSA) is 52.6 Å². The van der Waals surface area contributed by atoms with E-state index in [2.05, 4.69) is 17.1 Å². The van der Waals surface area contributed by atoms with E-state index in [-0.39, 0.29) is 6.54 Å². The molecule has 1 fully saturated rings. The maximum atomic E-state index is 10.5. The average molecular weight is 284 g/mol. The molecular formula is C16H32N2O2. The fourth-order valence-corrected chi connectivity index (χ4v) is 3.02. The van der Waals surface area contributed by atoms with E-state index in [4.69, 9.17) is 5.11 Å². The van der Waals surface area contributed by atoms with Crippen LogP contribution in [0.25, 0.3) is 0 Å². The van der Waals surface area contributed by atoms with Crippen molar-refractivity contribution in [2.24, 2.45) is 5.92 Å². The second-order valence-corrected chi connectivity index (χ2v) is 6.10. The normalized spacial score (nSPS) is 20.1. The molecule has 4 nitrogen and oxygen atoms in total. The lowest BCUT2D eigenvalue weighted by Gasteiger charge is -2.32. The minimum absolute atomic E-state index is 0.0912. The number of hydrogen-bond acceptors (Lipinski definition) is 3. The van der Waals surface area contributed by atoms with Crippen LogP contribution in [0.3, 0.4) is 0 Å². The van der Waals surface area contributed by atoms with Crippen molar-refractivity contribution in [1.82, 2.24) is 10.2 Å². The Bertz CT molecular complexity index is 259. The third kappa shape index (κ3) is 8.54. The summed E-state index contributed by atoms with van der Waals surface area (Å²) in [6.07, 6.45) is 10.6. The van der Waals surface area contributed by atoms with Gasteiger partial charge in [-0.25, -0.2) is 0 Å². The summed E-state index contributed by atoms with van der Waals surface area (Å²) in [6.45, 7) is 6.78. The Balaban J connectivity index is 2.03. The smallest absolute Gasteiger partial charge is 0.317 e. The van der Waals surface area contributed by atoms with E-state index < -0.39 is 5.97 Å². The van der Waals surface area contributed by atoms with Gasteiger partial charge in [0.15, 0.2) is 0 Å². The first-order chi connectivity index (χ1) is 9.72. The lowest BCUT2D eigenvalue weighted by Crippen LogP contribution is -2.40. The third-order valence-electron chi connectivity index (χ3n) is 4.14. The largest absolute Gasteiger partial charge is 0.480 e. The summed E-state index contributed by atoms with van der Waals surface area (Å²) in [4.78, 5) is 13.0. The Hall–Kier alpha value is -0.610. The molecule has 1 atom stereocenters. The van der Waals surface area contributed by atoms with Crippen molar-refractivity contribution in [3.63, 3.8) is 0 Å². The highest BCUT2D eigenvalue weighted by atomic mass is 16.4. The lowest BCUT2D eigenvalue weighted by atomic mass is 9.97. The van der Waals surface area contributed by atoms with Gasteiger partial charge >= 0.3 is 5.97 Å². The maximum absolute atomic E-state index is 10.5. The van der Waals surface area contributed by atoms with Crippen LogP contribution >= 0.6 is 0 Å². The van der Waals surface area contributed by atoms with Crippen LogP contribution in [-0.4, -0.2) is 48.7 Å². The van der Waals surface area contributed by atoms with Crippen molar-refractivity contribution in [1.29, 1.82) is 0 Å². The molecule has 20 heavy (non-hydrogen) atoms. The first-order valence-electron chi connectivity index (χ1n) is 8.37. The molecule has 0 aliphatic carbocycles. The number of piperidine rings is 1. The van der Waals surface area contributed by atoms with Crippen LogP contribution < -0.4 is 5.32 Å². The molecule has 1 unspecified atom stereocenters. The first kappa shape index (κ1) is 17.4. The van der Waals surface area contributed by atoms with Gasteiger partial charge in [0.05, 0.1) is 6.54 Å². The van der Waals surface area contributed by atoms with Crippen molar-refractivity contribution in [2.45, 2.75) is 58.3 Å². The van der Waals surface area contributed by atoms with Crippen molar-refractivity contribution in [3.8, 4) is 0 Å². The van der Waals surface area contributed by atoms with Crippen molar-refractivity contribution in [3.05, 3.63) is 0 Å². The van der Waals surface area contributed by atoms with E-state index in [0.717, 1.165) is 13.1 Å². The minimum atomic E-state index is -0.759. The van der Waals surface area contributed by atoms with Crippen LogP contribution in [0.4, 0.5) is 0 Å². The van der Waals surface area contributed by atoms with Crippen LogP contribution in [0.2, 0.25) is 0 Å². The van der Waals surface area contributed by atoms with E-state index in [1.807, 2.05) is 0 Å². The molecule has 118 valence electrons. The van der Waals surface area contributed by atoms with Gasteiger partial charge in [0, 0.05) is 6.54 Å². The van der Waals surface area contributed by atoms with E-state index >= 15 is 0 Å². The van der Waals surface area contributed by atoms with E-state index in [0.29, 0.717) is 5.92 Å². The zero-order valence-corrected chi connectivity index (χ0v) is 13.1. The molecule has 1 aliphatic rings. The number of aliphatic carboxylic acids is 1. The summed E-state index contributed by atoms with van der Waals surface area (Å²) in [5.74, 6) is -0.132. The molecule has 1 heterocycles. The molecule has 0 amide bonds. The summed E-state index contributed by atoms with van der Waals surface area (Å²) < 4.78 is 0. The van der Waals surface area contributed by atoms with Crippen LogP contribution in [-0.2, 0) is 4.79 Å². The summed E-state index contributed by atoms with van der Waals surface area (Å²) in [5.41, 5.74) is 0. The zero-order chi connectivity index (χ0) is 14.6. The summed E-state index contributed by atoms with van der Waals surface area (Å²) in [6, 6.07) is 0. The van der Waals surface area contributed by atoms with Gasteiger partial charge in [-0.05, 0) is 44.8 Å². The van der Waals surface area contributed by atoms with Gasteiger partial charge in [-0.3, -0.25) is 4.79 Å². The molecule has 4 heteroatoms. The zero-order valence-electron chi connectivity index (χ0n) is 13.1. The molecule has 0 spiro atoms. The highest BCUT2D eigenvalue weighted by Crippen LogP contribution is 2.16.